The predicted octanol–water partition coefficient (Wildman–Crippen LogP) is 3.61. The fraction of sp³-hybridized carbons (Fsp3) is 1.00. The molecular formula is C17H31NO. The van der Waals surface area contributed by atoms with Gasteiger partial charge in [0.1, 0.15) is 0 Å². The number of nitrogens with one attached hydrogen (secondary N) is 1. The van der Waals surface area contributed by atoms with Gasteiger partial charge in [0, 0.05) is 6.61 Å². The lowest BCUT2D eigenvalue weighted by Crippen LogP contribution is -2.50. The maximum Gasteiger partial charge on any atom is 0.0685 e. The van der Waals surface area contributed by atoms with Crippen LogP contribution < -0.4 is 5.32 Å². The third-order valence-corrected chi connectivity index (χ3v) is 5.84. The second kappa shape index (κ2) is 5.73. The summed E-state index contributed by atoms with van der Waals surface area (Å²) in [7, 11) is 0. The molecular weight excluding hydrogens is 234 g/mol. The van der Waals surface area contributed by atoms with Crippen molar-refractivity contribution in [2.45, 2.75) is 64.4 Å². The summed E-state index contributed by atoms with van der Waals surface area (Å²) in [5, 5.41) is 3.67. The molecule has 2 saturated carbocycles. The fourth-order valence-electron chi connectivity index (χ4n) is 4.38. The Bertz CT molecular complexity index is 298. The highest BCUT2D eigenvalue weighted by Gasteiger charge is 2.47. The van der Waals surface area contributed by atoms with Gasteiger partial charge >= 0.3 is 0 Å². The molecule has 3 aliphatic rings. The standard InChI is InChI=1S/C17H31NO/c1-13(2)11-18-12-15-4-5-16(15)14-6-9-19-17(10-14)7-3-8-17/h13-16,18H,3-12H2,1-2H3. The molecule has 1 aliphatic heterocycles. The summed E-state index contributed by atoms with van der Waals surface area (Å²) in [4.78, 5) is 0. The first-order valence-corrected chi connectivity index (χ1v) is 8.53. The van der Waals surface area contributed by atoms with Crippen LogP contribution in [0.1, 0.15) is 58.8 Å². The molecule has 1 heterocycles. The van der Waals surface area contributed by atoms with Crippen LogP contribution in [0.15, 0.2) is 0 Å². The molecule has 3 fully saturated rings. The van der Waals surface area contributed by atoms with Gasteiger partial charge in [0.2, 0.25) is 0 Å². The van der Waals surface area contributed by atoms with Crippen LogP contribution in [-0.4, -0.2) is 25.3 Å². The van der Waals surface area contributed by atoms with Gasteiger partial charge in [0.15, 0.2) is 0 Å². The van der Waals surface area contributed by atoms with Gasteiger partial charge in [-0.05, 0) is 81.7 Å². The molecule has 0 radical (unpaired) electrons. The summed E-state index contributed by atoms with van der Waals surface area (Å²) in [5.41, 5.74) is 0.342. The quantitative estimate of drug-likeness (QED) is 0.820. The van der Waals surface area contributed by atoms with Crippen molar-refractivity contribution in [3.8, 4) is 0 Å². The molecule has 0 aromatic carbocycles. The molecule has 0 amide bonds. The van der Waals surface area contributed by atoms with E-state index >= 15 is 0 Å². The van der Waals surface area contributed by atoms with Gasteiger partial charge in [0.25, 0.3) is 0 Å². The van der Waals surface area contributed by atoms with Crippen molar-refractivity contribution < 1.29 is 4.74 Å². The Hall–Kier alpha value is -0.0800. The highest BCUT2D eigenvalue weighted by molar-refractivity contribution is 4.98. The van der Waals surface area contributed by atoms with Gasteiger partial charge in [-0.3, -0.25) is 0 Å². The first kappa shape index (κ1) is 13.9. The third-order valence-electron chi connectivity index (χ3n) is 5.84. The summed E-state index contributed by atoms with van der Waals surface area (Å²) < 4.78 is 6.08. The zero-order chi connectivity index (χ0) is 13.3. The number of hydrogen-bond acceptors (Lipinski definition) is 2. The third kappa shape index (κ3) is 3.00. The van der Waals surface area contributed by atoms with Crippen molar-refractivity contribution in [2.24, 2.45) is 23.7 Å². The number of hydrogen-bond donors (Lipinski definition) is 1. The van der Waals surface area contributed by atoms with Crippen molar-refractivity contribution >= 4 is 0 Å². The van der Waals surface area contributed by atoms with Gasteiger partial charge < -0.3 is 10.1 Å². The van der Waals surface area contributed by atoms with E-state index in [1.807, 2.05) is 0 Å². The molecule has 2 aliphatic carbocycles. The Balaban J connectivity index is 1.46. The Labute approximate surface area is 118 Å². The van der Waals surface area contributed by atoms with E-state index in [9.17, 15) is 0 Å². The van der Waals surface area contributed by atoms with Crippen LogP contribution in [0.25, 0.3) is 0 Å². The molecule has 0 aromatic rings. The summed E-state index contributed by atoms with van der Waals surface area (Å²) in [6.07, 6.45) is 9.72. The summed E-state index contributed by atoms with van der Waals surface area (Å²) in [6.45, 7) is 8.07. The van der Waals surface area contributed by atoms with E-state index in [-0.39, 0.29) is 0 Å². The number of ether oxygens (including phenoxy) is 1. The molecule has 3 rings (SSSR count). The second-order valence-corrected chi connectivity index (χ2v) is 7.69. The summed E-state index contributed by atoms with van der Waals surface area (Å²) in [6, 6.07) is 0. The minimum absolute atomic E-state index is 0.342. The lowest BCUT2D eigenvalue weighted by atomic mass is 9.60. The molecule has 0 bridgehead atoms. The van der Waals surface area contributed by atoms with Crippen molar-refractivity contribution in [1.29, 1.82) is 0 Å². The minimum atomic E-state index is 0.342. The summed E-state index contributed by atoms with van der Waals surface area (Å²) in [5.74, 6) is 3.70. The molecule has 19 heavy (non-hydrogen) atoms. The van der Waals surface area contributed by atoms with E-state index in [0.717, 1.165) is 30.3 Å². The maximum atomic E-state index is 6.08. The van der Waals surface area contributed by atoms with E-state index in [0.29, 0.717) is 5.60 Å². The molecule has 1 N–H and O–H groups in total. The molecule has 3 unspecified atom stereocenters. The highest BCUT2D eigenvalue weighted by Crippen LogP contribution is 2.51. The highest BCUT2D eigenvalue weighted by atomic mass is 16.5. The van der Waals surface area contributed by atoms with Crippen LogP contribution in [0.5, 0.6) is 0 Å². The van der Waals surface area contributed by atoms with E-state index in [2.05, 4.69) is 19.2 Å². The number of rotatable bonds is 5. The normalized spacial score (nSPS) is 37.1. The van der Waals surface area contributed by atoms with E-state index in [4.69, 9.17) is 4.74 Å². The Morgan fingerprint density at radius 1 is 1.21 bits per heavy atom. The maximum absolute atomic E-state index is 6.08. The smallest absolute Gasteiger partial charge is 0.0685 e. The Morgan fingerprint density at radius 3 is 2.63 bits per heavy atom. The van der Waals surface area contributed by atoms with Crippen LogP contribution in [0.3, 0.4) is 0 Å². The SMILES string of the molecule is CC(C)CNCC1CCC1C1CCOC2(CCC2)C1. The van der Waals surface area contributed by atoms with Crippen molar-refractivity contribution in [1.82, 2.24) is 5.32 Å². The molecule has 2 heteroatoms. The van der Waals surface area contributed by atoms with Crippen molar-refractivity contribution in [3.05, 3.63) is 0 Å². The predicted molar refractivity (Wildman–Crippen MR) is 79.2 cm³/mol. The van der Waals surface area contributed by atoms with Gasteiger partial charge in [0.05, 0.1) is 5.60 Å². The van der Waals surface area contributed by atoms with Gasteiger partial charge in [-0.2, -0.15) is 0 Å². The zero-order valence-electron chi connectivity index (χ0n) is 12.8. The van der Waals surface area contributed by atoms with Crippen LogP contribution in [0.2, 0.25) is 0 Å². The second-order valence-electron chi connectivity index (χ2n) is 7.69. The van der Waals surface area contributed by atoms with Gasteiger partial charge in [-0.1, -0.05) is 13.8 Å². The van der Waals surface area contributed by atoms with Crippen molar-refractivity contribution in [3.63, 3.8) is 0 Å². The monoisotopic (exact) mass is 265 g/mol. The Kier molecular flexibility index (Phi) is 4.19. The van der Waals surface area contributed by atoms with Crippen LogP contribution in [-0.2, 0) is 4.74 Å². The van der Waals surface area contributed by atoms with Crippen LogP contribution >= 0.6 is 0 Å². The Morgan fingerprint density at radius 2 is 2.05 bits per heavy atom. The average Bonchev–Trinajstić information content (AvgIpc) is 2.31. The molecule has 2 nitrogen and oxygen atoms in total. The lowest BCUT2D eigenvalue weighted by Gasteiger charge is -2.52. The molecule has 1 spiro atoms. The molecule has 110 valence electrons. The lowest BCUT2D eigenvalue weighted by molar-refractivity contribution is -0.158. The largest absolute Gasteiger partial charge is 0.375 e. The van der Waals surface area contributed by atoms with Gasteiger partial charge in [-0.15, -0.1) is 0 Å². The van der Waals surface area contributed by atoms with E-state index in [1.165, 1.54) is 58.0 Å². The minimum Gasteiger partial charge on any atom is -0.375 e. The average molecular weight is 265 g/mol. The molecule has 3 atom stereocenters. The van der Waals surface area contributed by atoms with E-state index < -0.39 is 0 Å². The first-order valence-electron chi connectivity index (χ1n) is 8.53. The molecule has 1 saturated heterocycles. The molecule has 0 aromatic heterocycles. The van der Waals surface area contributed by atoms with Crippen molar-refractivity contribution in [2.75, 3.05) is 19.7 Å². The van der Waals surface area contributed by atoms with E-state index in [1.54, 1.807) is 0 Å². The zero-order valence-corrected chi connectivity index (χ0v) is 12.8. The summed E-state index contributed by atoms with van der Waals surface area (Å²) >= 11 is 0. The van der Waals surface area contributed by atoms with Crippen LogP contribution in [0, 0.1) is 23.7 Å². The van der Waals surface area contributed by atoms with Gasteiger partial charge in [-0.25, -0.2) is 0 Å². The fourth-order valence-corrected chi connectivity index (χ4v) is 4.38. The van der Waals surface area contributed by atoms with Crippen LogP contribution in [0.4, 0.5) is 0 Å². The topological polar surface area (TPSA) is 21.3 Å². The first-order chi connectivity index (χ1) is 9.19.